The number of nitrogens with zero attached hydrogens (tertiary/aromatic N) is 4. The number of hydrogen-bond donors (Lipinski definition) is 3. The first kappa shape index (κ1) is 19.1. The number of aromatic nitrogens is 5. The maximum atomic E-state index is 13.2. The van der Waals surface area contributed by atoms with Crippen LogP contribution >= 0.6 is 11.6 Å². The average molecular weight is 424 g/mol. The van der Waals surface area contributed by atoms with Crippen LogP contribution in [-0.4, -0.2) is 31.3 Å². The van der Waals surface area contributed by atoms with Gasteiger partial charge in [0.2, 0.25) is 5.91 Å². The number of nitrogens with two attached hydrogens (primary N) is 1. The minimum absolute atomic E-state index is 0.00935. The predicted octanol–water partition coefficient (Wildman–Crippen LogP) is 2.75. The van der Waals surface area contributed by atoms with Crippen LogP contribution in [0.25, 0.3) is 11.3 Å². The molecular formula is C21H22ClN7O. The lowest BCUT2D eigenvalue weighted by atomic mass is 9.88. The summed E-state index contributed by atoms with van der Waals surface area (Å²) >= 11 is 6.01. The molecule has 9 heteroatoms. The Morgan fingerprint density at radius 3 is 2.83 bits per heavy atom. The molecule has 1 amide bonds. The lowest BCUT2D eigenvalue weighted by Crippen LogP contribution is -2.29. The van der Waals surface area contributed by atoms with Gasteiger partial charge in [-0.1, -0.05) is 17.7 Å². The van der Waals surface area contributed by atoms with E-state index in [2.05, 4.69) is 30.7 Å². The fraction of sp³-hybridized carbons (Fsp3) is 0.381. The summed E-state index contributed by atoms with van der Waals surface area (Å²) in [6, 6.07) is 5.51. The SMILES string of the molecule is Cc1cnncc1-c1cc(NC(=O)C(Cc2ccc(Cl)nc2CN)C2C3CC32)[nH]n1. The van der Waals surface area contributed by atoms with E-state index in [-0.39, 0.29) is 11.8 Å². The summed E-state index contributed by atoms with van der Waals surface area (Å²) in [4.78, 5) is 17.5. The Kier molecular flexibility index (Phi) is 4.75. The Labute approximate surface area is 178 Å². The third-order valence-electron chi connectivity index (χ3n) is 6.25. The second kappa shape index (κ2) is 7.45. The number of carbonyl (C=O) groups is 1. The van der Waals surface area contributed by atoms with Gasteiger partial charge in [-0.05, 0) is 54.7 Å². The van der Waals surface area contributed by atoms with E-state index in [0.29, 0.717) is 41.7 Å². The van der Waals surface area contributed by atoms with Crippen molar-refractivity contribution >= 4 is 23.3 Å². The average Bonchev–Trinajstić information content (AvgIpc) is 3.61. The highest BCUT2D eigenvalue weighted by Crippen LogP contribution is 2.71. The number of aryl methyl sites for hydroxylation is 1. The molecule has 30 heavy (non-hydrogen) atoms. The molecule has 0 saturated heterocycles. The molecule has 154 valence electrons. The van der Waals surface area contributed by atoms with Crippen LogP contribution in [0, 0.1) is 30.6 Å². The van der Waals surface area contributed by atoms with E-state index in [0.717, 1.165) is 28.1 Å². The highest BCUT2D eigenvalue weighted by molar-refractivity contribution is 6.29. The van der Waals surface area contributed by atoms with Crippen LogP contribution < -0.4 is 11.1 Å². The fourth-order valence-corrected chi connectivity index (χ4v) is 4.50. The minimum atomic E-state index is -0.127. The summed E-state index contributed by atoms with van der Waals surface area (Å²) in [7, 11) is 0. The van der Waals surface area contributed by atoms with Gasteiger partial charge in [-0.25, -0.2) is 4.98 Å². The topological polar surface area (TPSA) is 122 Å². The first-order valence-electron chi connectivity index (χ1n) is 10.0. The molecule has 3 aromatic rings. The predicted molar refractivity (Wildman–Crippen MR) is 112 cm³/mol. The van der Waals surface area contributed by atoms with Crippen LogP contribution in [0.2, 0.25) is 5.15 Å². The van der Waals surface area contributed by atoms with Crippen LogP contribution in [-0.2, 0) is 17.8 Å². The van der Waals surface area contributed by atoms with Crippen molar-refractivity contribution < 1.29 is 4.79 Å². The van der Waals surface area contributed by atoms with Gasteiger partial charge >= 0.3 is 0 Å². The van der Waals surface area contributed by atoms with Gasteiger partial charge in [-0.3, -0.25) is 9.89 Å². The zero-order chi connectivity index (χ0) is 20.8. The van der Waals surface area contributed by atoms with Crippen LogP contribution in [0.5, 0.6) is 0 Å². The van der Waals surface area contributed by atoms with Crippen molar-refractivity contribution in [3.63, 3.8) is 0 Å². The highest BCUT2D eigenvalue weighted by Gasteiger charge is 2.67. The van der Waals surface area contributed by atoms with Crippen LogP contribution in [0.1, 0.15) is 23.2 Å². The van der Waals surface area contributed by atoms with Crippen LogP contribution in [0.15, 0.2) is 30.6 Å². The molecule has 2 aliphatic rings. The van der Waals surface area contributed by atoms with E-state index in [9.17, 15) is 4.79 Å². The zero-order valence-electron chi connectivity index (χ0n) is 16.5. The largest absolute Gasteiger partial charge is 0.325 e. The van der Waals surface area contributed by atoms with E-state index in [1.807, 2.05) is 19.1 Å². The van der Waals surface area contributed by atoms with E-state index < -0.39 is 0 Å². The van der Waals surface area contributed by atoms with Crippen molar-refractivity contribution in [1.29, 1.82) is 0 Å². The number of rotatable bonds is 7. The van der Waals surface area contributed by atoms with Crippen molar-refractivity contribution in [2.24, 2.45) is 29.4 Å². The normalized spacial score (nSPS) is 22.3. The Bertz CT molecular complexity index is 1110. The molecule has 2 fully saturated rings. The Morgan fingerprint density at radius 1 is 1.33 bits per heavy atom. The van der Waals surface area contributed by atoms with Crippen molar-refractivity contribution in [1.82, 2.24) is 25.4 Å². The second-order valence-corrected chi connectivity index (χ2v) is 8.52. The number of halogens is 1. The van der Waals surface area contributed by atoms with Crippen LogP contribution in [0.3, 0.4) is 0 Å². The van der Waals surface area contributed by atoms with Crippen LogP contribution in [0.4, 0.5) is 5.82 Å². The van der Waals surface area contributed by atoms with Gasteiger partial charge in [-0.15, -0.1) is 0 Å². The number of anilines is 1. The fourth-order valence-electron chi connectivity index (χ4n) is 4.33. The molecule has 2 saturated carbocycles. The molecule has 3 unspecified atom stereocenters. The molecule has 0 spiro atoms. The first-order valence-corrected chi connectivity index (χ1v) is 10.4. The van der Waals surface area contributed by atoms with Gasteiger partial charge in [0.15, 0.2) is 0 Å². The van der Waals surface area contributed by atoms with Gasteiger partial charge in [-0.2, -0.15) is 15.3 Å². The number of pyridine rings is 1. The third kappa shape index (κ3) is 3.57. The maximum Gasteiger partial charge on any atom is 0.229 e. The van der Waals surface area contributed by atoms with E-state index >= 15 is 0 Å². The number of H-pyrrole nitrogens is 1. The van der Waals surface area contributed by atoms with Gasteiger partial charge in [0.25, 0.3) is 0 Å². The summed E-state index contributed by atoms with van der Waals surface area (Å²) < 4.78 is 0. The smallest absolute Gasteiger partial charge is 0.229 e. The molecule has 0 aromatic carbocycles. The molecule has 3 aromatic heterocycles. The number of fused-ring (bicyclic) bond motifs is 1. The highest BCUT2D eigenvalue weighted by atomic mass is 35.5. The lowest BCUT2D eigenvalue weighted by molar-refractivity contribution is -0.121. The molecule has 0 radical (unpaired) electrons. The van der Waals surface area contributed by atoms with E-state index in [1.165, 1.54) is 6.42 Å². The van der Waals surface area contributed by atoms with Gasteiger partial charge in [0.1, 0.15) is 11.0 Å². The molecule has 3 heterocycles. The van der Waals surface area contributed by atoms with Crippen molar-refractivity contribution in [2.75, 3.05) is 5.32 Å². The molecule has 0 aliphatic heterocycles. The molecule has 8 nitrogen and oxygen atoms in total. The monoisotopic (exact) mass is 423 g/mol. The second-order valence-electron chi connectivity index (χ2n) is 8.14. The molecule has 3 atom stereocenters. The number of nitrogens with one attached hydrogen (secondary N) is 2. The third-order valence-corrected chi connectivity index (χ3v) is 6.46. The summed E-state index contributed by atoms with van der Waals surface area (Å²) in [6.07, 6.45) is 5.19. The van der Waals surface area contributed by atoms with Crippen molar-refractivity contribution in [2.45, 2.75) is 26.3 Å². The quantitative estimate of drug-likeness (QED) is 0.502. The number of hydrogen-bond acceptors (Lipinski definition) is 6. The lowest BCUT2D eigenvalue weighted by Gasteiger charge is -2.20. The Hall–Kier alpha value is -2.84. The summed E-state index contributed by atoms with van der Waals surface area (Å²) in [5.74, 6) is 2.23. The summed E-state index contributed by atoms with van der Waals surface area (Å²) in [5.41, 5.74) is 10.1. The first-order chi connectivity index (χ1) is 14.5. The molecular weight excluding hydrogens is 402 g/mol. The van der Waals surface area contributed by atoms with Crippen molar-refractivity contribution in [3.8, 4) is 11.3 Å². The molecule has 5 rings (SSSR count). The Morgan fingerprint density at radius 2 is 2.13 bits per heavy atom. The van der Waals surface area contributed by atoms with Gasteiger partial charge in [0.05, 0.1) is 23.8 Å². The summed E-state index contributed by atoms with van der Waals surface area (Å²) in [6.45, 7) is 2.24. The standard InChI is InChI=1S/C21H22ClN7O/c1-10-8-24-25-9-15(10)16-6-19(29-28-16)27-21(30)14(20-12-5-13(12)20)4-11-2-3-18(22)26-17(11)7-23/h2-3,6,8-9,12-14,20H,4-5,7,23H2,1H3,(H2,27,28,29,30). The van der Waals surface area contributed by atoms with E-state index in [1.54, 1.807) is 18.5 Å². The Balaban J connectivity index is 1.34. The van der Waals surface area contributed by atoms with E-state index in [4.69, 9.17) is 17.3 Å². The van der Waals surface area contributed by atoms with Crippen molar-refractivity contribution in [3.05, 3.63) is 52.6 Å². The zero-order valence-corrected chi connectivity index (χ0v) is 17.2. The minimum Gasteiger partial charge on any atom is -0.325 e. The number of amides is 1. The number of aromatic amines is 1. The van der Waals surface area contributed by atoms with Gasteiger partial charge < -0.3 is 11.1 Å². The molecule has 4 N–H and O–H groups in total. The van der Waals surface area contributed by atoms with Gasteiger partial charge in [0, 0.05) is 24.1 Å². The maximum absolute atomic E-state index is 13.2. The molecule has 0 bridgehead atoms. The molecule has 2 aliphatic carbocycles. The number of carbonyl (C=O) groups excluding carboxylic acids is 1. The summed E-state index contributed by atoms with van der Waals surface area (Å²) in [5, 5.41) is 18.4.